The van der Waals surface area contributed by atoms with Crippen LogP contribution in [0, 0.1) is 5.92 Å². The minimum Gasteiger partial charge on any atom is -0.480 e. The summed E-state index contributed by atoms with van der Waals surface area (Å²) in [6, 6.07) is -2.85. The molecule has 0 radical (unpaired) electrons. The monoisotopic (exact) mass is 387 g/mol. The van der Waals surface area contributed by atoms with Gasteiger partial charge in [0.25, 0.3) is 0 Å². The lowest BCUT2D eigenvalue weighted by Gasteiger charge is -2.25. The zero-order chi connectivity index (χ0) is 21.0. The van der Waals surface area contributed by atoms with E-state index in [1.165, 1.54) is 6.92 Å². The molecule has 4 unspecified atom stereocenters. The van der Waals surface area contributed by atoms with Crippen LogP contribution >= 0.6 is 0 Å². The molecule has 27 heavy (non-hydrogen) atoms. The van der Waals surface area contributed by atoms with Crippen LogP contribution in [0.5, 0.6) is 0 Å². The second-order valence-electron chi connectivity index (χ2n) is 6.55. The Morgan fingerprint density at radius 3 is 2.07 bits per heavy atom. The Kier molecular flexibility index (Phi) is 12.0. The van der Waals surface area contributed by atoms with Crippen molar-refractivity contribution >= 4 is 23.7 Å². The van der Waals surface area contributed by atoms with Crippen LogP contribution in [0.25, 0.3) is 0 Å². The van der Waals surface area contributed by atoms with Gasteiger partial charge in [0.1, 0.15) is 18.1 Å². The Hall–Kier alpha value is -2.20. The summed E-state index contributed by atoms with van der Waals surface area (Å²) in [7, 11) is 0. The van der Waals surface area contributed by atoms with E-state index in [4.69, 9.17) is 11.5 Å². The van der Waals surface area contributed by atoms with E-state index in [2.05, 4.69) is 16.0 Å². The van der Waals surface area contributed by atoms with E-state index >= 15 is 0 Å². The number of carboxylic acids is 1. The van der Waals surface area contributed by atoms with Gasteiger partial charge in [0.15, 0.2) is 0 Å². The number of carboxylic acid groups (broad SMARTS) is 1. The molecule has 0 aromatic carbocycles. The molecule has 8 N–H and O–H groups in total. The minimum atomic E-state index is -1.13. The fourth-order valence-electron chi connectivity index (χ4n) is 2.36. The Morgan fingerprint density at radius 2 is 1.59 bits per heavy atom. The normalized spacial score (nSPS) is 15.1. The molecule has 0 rings (SSSR count). The summed E-state index contributed by atoms with van der Waals surface area (Å²) in [5, 5.41) is 16.8. The Labute approximate surface area is 159 Å². The zero-order valence-corrected chi connectivity index (χ0v) is 16.3. The second kappa shape index (κ2) is 13.0. The first kappa shape index (κ1) is 24.8. The second-order valence-corrected chi connectivity index (χ2v) is 6.55. The van der Waals surface area contributed by atoms with Crippen LogP contribution in [-0.2, 0) is 19.2 Å². The molecule has 0 saturated heterocycles. The fourth-order valence-corrected chi connectivity index (χ4v) is 2.36. The maximum atomic E-state index is 12.6. The number of hydrogen-bond donors (Lipinski definition) is 6. The van der Waals surface area contributed by atoms with Gasteiger partial charge in [0.05, 0.1) is 6.54 Å². The summed E-state index contributed by atoms with van der Waals surface area (Å²) in [6.07, 6.45) is 2.12. The van der Waals surface area contributed by atoms with Crippen molar-refractivity contribution in [3.63, 3.8) is 0 Å². The van der Waals surface area contributed by atoms with Crippen LogP contribution in [0.3, 0.4) is 0 Å². The van der Waals surface area contributed by atoms with Crippen molar-refractivity contribution in [1.29, 1.82) is 0 Å². The summed E-state index contributed by atoms with van der Waals surface area (Å²) in [5.41, 5.74) is 10.7. The first-order chi connectivity index (χ1) is 12.7. The number of amides is 3. The molecule has 156 valence electrons. The van der Waals surface area contributed by atoms with Crippen LogP contribution in [0.15, 0.2) is 0 Å². The molecule has 0 aromatic heterocycles. The lowest BCUT2D eigenvalue weighted by Crippen LogP contribution is -2.56. The van der Waals surface area contributed by atoms with E-state index in [1.807, 2.05) is 6.92 Å². The van der Waals surface area contributed by atoms with Crippen LogP contribution in [0.2, 0.25) is 0 Å². The first-order valence-corrected chi connectivity index (χ1v) is 9.20. The maximum absolute atomic E-state index is 12.6. The van der Waals surface area contributed by atoms with Crippen molar-refractivity contribution in [3.8, 4) is 0 Å². The Morgan fingerprint density at radius 1 is 0.963 bits per heavy atom. The van der Waals surface area contributed by atoms with Crippen molar-refractivity contribution in [2.45, 2.75) is 64.6 Å². The fraction of sp³-hybridized carbons (Fsp3) is 0.765. The highest BCUT2D eigenvalue weighted by Crippen LogP contribution is 2.09. The third-order valence-corrected chi connectivity index (χ3v) is 4.31. The molecule has 0 aliphatic carbocycles. The molecule has 3 amide bonds. The molecule has 0 saturated carbocycles. The van der Waals surface area contributed by atoms with Gasteiger partial charge in [-0.3, -0.25) is 14.4 Å². The molecule has 10 nitrogen and oxygen atoms in total. The predicted octanol–water partition coefficient (Wildman–Crippen LogP) is -1.32. The van der Waals surface area contributed by atoms with Gasteiger partial charge >= 0.3 is 5.97 Å². The van der Waals surface area contributed by atoms with Crippen molar-refractivity contribution in [2.75, 3.05) is 13.1 Å². The number of unbranched alkanes of at least 4 members (excludes halogenated alkanes) is 1. The SMILES string of the molecule is CCC(C)C(NC(=O)C(CCCCN)NC(=O)C(C)NC(=O)CN)C(=O)O. The number of nitrogens with one attached hydrogen (secondary N) is 3. The topological polar surface area (TPSA) is 177 Å². The number of nitrogens with two attached hydrogens (primary N) is 2. The molecule has 0 bridgehead atoms. The van der Waals surface area contributed by atoms with Crippen LogP contribution in [-0.4, -0.2) is 60.0 Å². The molecule has 0 spiro atoms. The quantitative estimate of drug-likeness (QED) is 0.212. The van der Waals surface area contributed by atoms with Gasteiger partial charge in [-0.25, -0.2) is 4.79 Å². The number of aliphatic carboxylic acids is 1. The van der Waals surface area contributed by atoms with Crippen molar-refractivity contribution in [2.24, 2.45) is 17.4 Å². The molecule has 0 aliphatic rings. The van der Waals surface area contributed by atoms with Crippen molar-refractivity contribution in [3.05, 3.63) is 0 Å². The van der Waals surface area contributed by atoms with Gasteiger partial charge in [0, 0.05) is 0 Å². The van der Waals surface area contributed by atoms with E-state index in [9.17, 15) is 24.3 Å². The highest BCUT2D eigenvalue weighted by Gasteiger charge is 2.30. The van der Waals surface area contributed by atoms with E-state index < -0.39 is 41.8 Å². The molecule has 10 heteroatoms. The van der Waals surface area contributed by atoms with E-state index in [1.54, 1.807) is 6.92 Å². The van der Waals surface area contributed by atoms with Crippen LogP contribution in [0.4, 0.5) is 0 Å². The third-order valence-electron chi connectivity index (χ3n) is 4.31. The molecule has 0 fully saturated rings. The van der Waals surface area contributed by atoms with Gasteiger partial charge < -0.3 is 32.5 Å². The summed E-state index contributed by atoms with van der Waals surface area (Å²) in [6.45, 7) is 5.21. The molecule has 4 atom stereocenters. The first-order valence-electron chi connectivity index (χ1n) is 9.20. The largest absolute Gasteiger partial charge is 0.480 e. The highest BCUT2D eigenvalue weighted by atomic mass is 16.4. The highest BCUT2D eigenvalue weighted by molar-refractivity contribution is 5.93. The summed E-state index contributed by atoms with van der Waals surface area (Å²) < 4.78 is 0. The average molecular weight is 387 g/mol. The smallest absolute Gasteiger partial charge is 0.326 e. The zero-order valence-electron chi connectivity index (χ0n) is 16.3. The number of carbonyl (C=O) groups excluding carboxylic acids is 3. The van der Waals surface area contributed by atoms with Gasteiger partial charge in [0.2, 0.25) is 17.7 Å². The molecular weight excluding hydrogens is 354 g/mol. The van der Waals surface area contributed by atoms with Crippen molar-refractivity contribution in [1.82, 2.24) is 16.0 Å². The molecular formula is C17H33N5O5. The van der Waals surface area contributed by atoms with E-state index in [0.717, 1.165) is 0 Å². The summed E-state index contributed by atoms with van der Waals surface area (Å²) >= 11 is 0. The van der Waals surface area contributed by atoms with E-state index in [-0.39, 0.29) is 12.5 Å². The minimum absolute atomic E-state index is 0.257. The van der Waals surface area contributed by atoms with E-state index in [0.29, 0.717) is 32.2 Å². The van der Waals surface area contributed by atoms with Gasteiger partial charge in [-0.15, -0.1) is 0 Å². The molecule has 0 aromatic rings. The Bertz CT molecular complexity index is 514. The lowest BCUT2D eigenvalue weighted by atomic mass is 9.98. The number of hydrogen-bond acceptors (Lipinski definition) is 6. The maximum Gasteiger partial charge on any atom is 0.326 e. The summed E-state index contributed by atoms with van der Waals surface area (Å²) in [5.74, 6) is -3.03. The van der Waals surface area contributed by atoms with Gasteiger partial charge in [-0.05, 0) is 38.6 Å². The van der Waals surface area contributed by atoms with Crippen LogP contribution < -0.4 is 27.4 Å². The third kappa shape index (κ3) is 9.34. The van der Waals surface area contributed by atoms with Gasteiger partial charge in [-0.2, -0.15) is 0 Å². The summed E-state index contributed by atoms with van der Waals surface area (Å²) in [4.78, 5) is 47.6. The number of rotatable bonds is 13. The average Bonchev–Trinajstić information content (AvgIpc) is 2.63. The lowest BCUT2D eigenvalue weighted by molar-refractivity contribution is -0.143. The standard InChI is InChI=1S/C17H33N5O5/c1-4-10(2)14(17(26)27)22-16(25)12(7-5-6-8-18)21-15(24)11(3)20-13(23)9-19/h10-12,14H,4-9,18-19H2,1-3H3,(H,20,23)(H,21,24)(H,22,25)(H,26,27). The van der Waals surface area contributed by atoms with Crippen molar-refractivity contribution < 1.29 is 24.3 Å². The van der Waals surface area contributed by atoms with Gasteiger partial charge in [-0.1, -0.05) is 20.3 Å². The number of carbonyl (C=O) groups is 4. The molecule has 0 aliphatic heterocycles. The Balaban J connectivity index is 5.09. The van der Waals surface area contributed by atoms with Crippen LogP contribution in [0.1, 0.15) is 46.5 Å². The molecule has 0 heterocycles. The predicted molar refractivity (Wildman–Crippen MR) is 101 cm³/mol.